The molecule has 2 aromatic heterocycles. The molecule has 0 amide bonds. The number of hydrogen-bond donors (Lipinski definition) is 0. The zero-order valence-corrected chi connectivity index (χ0v) is 18.1. The molecule has 4 aromatic rings. The van der Waals surface area contributed by atoms with E-state index in [1.807, 2.05) is 0 Å². The fraction of sp³-hybridized carbons (Fsp3) is 0.167. The first-order chi connectivity index (χ1) is 16.8. The summed E-state index contributed by atoms with van der Waals surface area (Å²) in [4.78, 5) is 18.5. The van der Waals surface area contributed by atoms with E-state index in [-0.39, 0.29) is 25.2 Å². The highest BCUT2D eigenvalue weighted by molar-refractivity contribution is 5.50. The molecule has 1 saturated heterocycles. The average Bonchev–Trinajstić information content (AvgIpc) is 3.20. The lowest BCUT2D eigenvalue weighted by atomic mass is 9.98. The maximum Gasteiger partial charge on any atom is 0.350 e. The Hall–Kier alpha value is -4.59. The van der Waals surface area contributed by atoms with Gasteiger partial charge in [-0.3, -0.25) is 4.57 Å². The largest absolute Gasteiger partial charge is 0.457 e. The number of rotatable bonds is 6. The standard InChI is InChI=1S/C24H17F3N6O2/c25-20-2-1-3-21(26)19(20)11-31-15-30-33(23(31)34)16-4-6-17(7-5-16)35-18-8-9-29-22(10-18)32-13-24(27,12-28)14-32/h1-10,15H,11,13-14H2. The third-order valence-electron chi connectivity index (χ3n) is 5.56. The van der Waals surface area contributed by atoms with Crippen molar-refractivity contribution in [3.63, 3.8) is 0 Å². The van der Waals surface area contributed by atoms with Crippen LogP contribution in [0.3, 0.4) is 0 Å². The predicted octanol–water partition coefficient (Wildman–Crippen LogP) is 3.60. The Morgan fingerprint density at radius 2 is 1.77 bits per heavy atom. The van der Waals surface area contributed by atoms with Crippen molar-refractivity contribution in [1.82, 2.24) is 19.3 Å². The van der Waals surface area contributed by atoms with E-state index in [2.05, 4.69) is 10.1 Å². The highest BCUT2D eigenvalue weighted by Crippen LogP contribution is 2.31. The lowest BCUT2D eigenvalue weighted by molar-refractivity contribution is 0.188. The zero-order valence-electron chi connectivity index (χ0n) is 18.1. The molecule has 35 heavy (non-hydrogen) atoms. The van der Waals surface area contributed by atoms with Gasteiger partial charge in [-0.2, -0.15) is 15.0 Å². The monoisotopic (exact) mass is 478 g/mol. The maximum atomic E-state index is 13.9. The summed E-state index contributed by atoms with van der Waals surface area (Å²) < 4.78 is 49.8. The second kappa shape index (κ2) is 8.64. The number of aromatic nitrogens is 4. The topological polar surface area (TPSA) is 89.0 Å². The van der Waals surface area contributed by atoms with E-state index in [0.29, 0.717) is 23.0 Å². The number of anilines is 1. The minimum absolute atomic E-state index is 0.0559. The van der Waals surface area contributed by atoms with Gasteiger partial charge in [0.1, 0.15) is 41.3 Å². The molecule has 176 valence electrons. The van der Waals surface area contributed by atoms with Gasteiger partial charge in [0.25, 0.3) is 0 Å². The fourth-order valence-electron chi connectivity index (χ4n) is 3.69. The molecule has 3 heterocycles. The molecule has 1 aliphatic heterocycles. The van der Waals surface area contributed by atoms with Gasteiger partial charge in [0.15, 0.2) is 0 Å². The molecule has 11 heteroatoms. The SMILES string of the molecule is N#CC1(F)CN(c2cc(Oc3ccc(-n4ncn(Cc5c(F)cccc5F)c4=O)cc3)ccn2)C1. The Kier molecular flexibility index (Phi) is 5.49. The summed E-state index contributed by atoms with van der Waals surface area (Å²) in [7, 11) is 0. The molecule has 0 N–H and O–H groups in total. The van der Waals surface area contributed by atoms with Crippen molar-refractivity contribution >= 4 is 5.82 Å². The summed E-state index contributed by atoms with van der Waals surface area (Å²) in [5.41, 5.74) is -2.21. The summed E-state index contributed by atoms with van der Waals surface area (Å²) >= 11 is 0. The Bertz CT molecular complexity index is 1470. The Labute approximate surface area is 197 Å². The summed E-state index contributed by atoms with van der Waals surface area (Å²) in [5, 5.41) is 12.9. The molecule has 0 aliphatic carbocycles. The van der Waals surface area contributed by atoms with E-state index < -0.39 is 23.0 Å². The molecule has 0 radical (unpaired) electrons. The van der Waals surface area contributed by atoms with Crippen molar-refractivity contribution in [3.8, 4) is 23.3 Å². The highest BCUT2D eigenvalue weighted by atomic mass is 19.1. The van der Waals surface area contributed by atoms with E-state index in [1.54, 1.807) is 47.4 Å². The second-order valence-electron chi connectivity index (χ2n) is 8.03. The number of alkyl halides is 1. The van der Waals surface area contributed by atoms with Crippen LogP contribution in [0.5, 0.6) is 11.5 Å². The molecular formula is C24H17F3N6O2. The summed E-state index contributed by atoms with van der Waals surface area (Å²) in [6.45, 7) is -0.406. The van der Waals surface area contributed by atoms with Gasteiger partial charge in [-0.15, -0.1) is 0 Å². The van der Waals surface area contributed by atoms with Crippen LogP contribution in [-0.4, -0.2) is 38.1 Å². The second-order valence-corrected chi connectivity index (χ2v) is 8.03. The van der Waals surface area contributed by atoms with E-state index >= 15 is 0 Å². The van der Waals surface area contributed by atoms with E-state index in [4.69, 9.17) is 10.00 Å². The van der Waals surface area contributed by atoms with Gasteiger partial charge in [0.2, 0.25) is 5.67 Å². The van der Waals surface area contributed by atoms with Crippen molar-refractivity contribution < 1.29 is 17.9 Å². The molecule has 0 saturated carbocycles. The normalized spacial score (nSPS) is 14.3. The van der Waals surface area contributed by atoms with Crippen molar-refractivity contribution in [3.05, 3.63) is 94.8 Å². The van der Waals surface area contributed by atoms with Crippen LogP contribution in [0.15, 0.2) is 71.9 Å². The van der Waals surface area contributed by atoms with Crippen LogP contribution in [0.1, 0.15) is 5.56 Å². The van der Waals surface area contributed by atoms with Crippen LogP contribution in [0.25, 0.3) is 5.69 Å². The smallest absolute Gasteiger partial charge is 0.350 e. The Morgan fingerprint density at radius 1 is 1.06 bits per heavy atom. The number of benzene rings is 2. The van der Waals surface area contributed by atoms with Gasteiger partial charge in [-0.05, 0) is 42.5 Å². The van der Waals surface area contributed by atoms with Gasteiger partial charge < -0.3 is 9.64 Å². The molecule has 0 bridgehead atoms. The predicted molar refractivity (Wildman–Crippen MR) is 119 cm³/mol. The number of ether oxygens (including phenoxy) is 1. The van der Waals surface area contributed by atoms with Gasteiger partial charge in [0.05, 0.1) is 25.3 Å². The molecule has 2 aromatic carbocycles. The highest BCUT2D eigenvalue weighted by Gasteiger charge is 2.44. The van der Waals surface area contributed by atoms with Crippen molar-refractivity contribution in [2.75, 3.05) is 18.0 Å². The first-order valence-corrected chi connectivity index (χ1v) is 10.5. The number of nitrogens with zero attached hydrogens (tertiary/aromatic N) is 6. The number of halogens is 3. The van der Waals surface area contributed by atoms with Gasteiger partial charge in [-0.1, -0.05) is 6.07 Å². The summed E-state index contributed by atoms with van der Waals surface area (Å²) in [6.07, 6.45) is 2.74. The molecule has 0 atom stereocenters. The first-order valence-electron chi connectivity index (χ1n) is 10.5. The van der Waals surface area contributed by atoms with Gasteiger partial charge >= 0.3 is 5.69 Å². The first kappa shape index (κ1) is 22.2. The summed E-state index contributed by atoms with van der Waals surface area (Å²) in [5.74, 6) is -0.0649. The van der Waals surface area contributed by atoms with Gasteiger partial charge in [0, 0.05) is 17.8 Å². The molecule has 5 rings (SSSR count). The van der Waals surface area contributed by atoms with Crippen molar-refractivity contribution in [2.24, 2.45) is 0 Å². The molecule has 1 fully saturated rings. The van der Waals surface area contributed by atoms with E-state index in [1.165, 1.54) is 18.6 Å². The lowest BCUT2D eigenvalue weighted by Gasteiger charge is -2.40. The molecule has 0 spiro atoms. The summed E-state index contributed by atoms with van der Waals surface area (Å²) in [6, 6.07) is 14.9. The van der Waals surface area contributed by atoms with Crippen LogP contribution in [-0.2, 0) is 6.54 Å². The Balaban J connectivity index is 1.29. The number of nitriles is 1. The zero-order chi connectivity index (χ0) is 24.6. The quantitative estimate of drug-likeness (QED) is 0.421. The van der Waals surface area contributed by atoms with Crippen LogP contribution in [0, 0.1) is 23.0 Å². The van der Waals surface area contributed by atoms with Crippen LogP contribution in [0.4, 0.5) is 19.0 Å². The molecular weight excluding hydrogens is 461 g/mol. The van der Waals surface area contributed by atoms with Crippen LogP contribution in [0.2, 0.25) is 0 Å². The molecule has 0 unspecified atom stereocenters. The number of hydrogen-bond acceptors (Lipinski definition) is 6. The van der Waals surface area contributed by atoms with Crippen LogP contribution < -0.4 is 15.3 Å². The van der Waals surface area contributed by atoms with Crippen molar-refractivity contribution in [1.29, 1.82) is 5.26 Å². The lowest BCUT2D eigenvalue weighted by Crippen LogP contribution is -2.58. The maximum absolute atomic E-state index is 13.9. The van der Waals surface area contributed by atoms with E-state index in [0.717, 1.165) is 21.4 Å². The Morgan fingerprint density at radius 3 is 2.46 bits per heavy atom. The fourth-order valence-corrected chi connectivity index (χ4v) is 3.69. The third-order valence-corrected chi connectivity index (χ3v) is 5.56. The third kappa shape index (κ3) is 4.33. The average molecular weight is 478 g/mol. The number of pyridine rings is 1. The van der Waals surface area contributed by atoms with Crippen LogP contribution >= 0.6 is 0 Å². The minimum Gasteiger partial charge on any atom is -0.457 e. The van der Waals surface area contributed by atoms with E-state index in [9.17, 15) is 18.0 Å². The van der Waals surface area contributed by atoms with Crippen molar-refractivity contribution in [2.45, 2.75) is 12.2 Å². The minimum atomic E-state index is -1.86. The molecule has 1 aliphatic rings. The molecule has 8 nitrogen and oxygen atoms in total. The van der Waals surface area contributed by atoms with Gasteiger partial charge in [-0.25, -0.2) is 22.9 Å².